The molecule has 7 heteroatoms. The van der Waals surface area contributed by atoms with Crippen LogP contribution in [0.1, 0.15) is 36.1 Å². The highest BCUT2D eigenvalue weighted by Gasteiger charge is 2.24. The molecule has 2 atom stereocenters. The van der Waals surface area contributed by atoms with Gasteiger partial charge >= 0.3 is 0 Å². The van der Waals surface area contributed by atoms with Gasteiger partial charge in [-0.15, -0.1) is 35.3 Å². The Bertz CT molecular complexity index is 850. The quantitative estimate of drug-likeness (QED) is 0.227. The topological polar surface area (TPSA) is 69.8 Å². The van der Waals surface area contributed by atoms with Crippen LogP contribution in [0.15, 0.2) is 75.7 Å². The summed E-state index contributed by atoms with van der Waals surface area (Å²) in [6, 6.07) is 18.0. The number of aliphatic imine (C=N–C) groups is 1. The molecule has 2 unspecified atom stereocenters. The van der Waals surface area contributed by atoms with Crippen molar-refractivity contribution in [3.05, 3.63) is 82.4 Å². The third-order valence-corrected chi connectivity index (χ3v) is 5.62. The standard InChI is InChI=1S/C22H27N3O2S.HI/c1-17(18-8-4-3-5-9-18)25-21(23-13-12-19-10-6-14-27-19)24-16-22(2,26)20-11-7-15-28-20;/h3-11,14-15,17,26H,12-13,16H2,1-2H3,(H2,23,24,25);1H. The summed E-state index contributed by atoms with van der Waals surface area (Å²) in [5.41, 5.74) is 0.174. The van der Waals surface area contributed by atoms with Gasteiger partial charge in [0.05, 0.1) is 18.8 Å². The zero-order valence-corrected chi connectivity index (χ0v) is 19.8. The van der Waals surface area contributed by atoms with Crippen LogP contribution in [0.4, 0.5) is 0 Å². The van der Waals surface area contributed by atoms with Crippen molar-refractivity contribution in [1.82, 2.24) is 10.6 Å². The predicted molar refractivity (Wildman–Crippen MR) is 130 cm³/mol. The van der Waals surface area contributed by atoms with Crippen LogP contribution in [0.3, 0.4) is 0 Å². The second kappa shape index (κ2) is 11.4. The molecule has 0 bridgehead atoms. The molecule has 0 aliphatic carbocycles. The summed E-state index contributed by atoms with van der Waals surface area (Å²) in [7, 11) is 0. The third kappa shape index (κ3) is 7.17. The van der Waals surface area contributed by atoms with Crippen molar-refractivity contribution in [2.45, 2.75) is 31.9 Å². The van der Waals surface area contributed by atoms with Gasteiger partial charge in [-0.2, -0.15) is 0 Å². The van der Waals surface area contributed by atoms with E-state index in [2.05, 4.69) is 34.7 Å². The summed E-state index contributed by atoms with van der Waals surface area (Å²) >= 11 is 1.54. The Balaban J connectivity index is 0.00000300. The van der Waals surface area contributed by atoms with Gasteiger partial charge in [-0.3, -0.25) is 0 Å². The number of nitrogens with one attached hydrogen (secondary N) is 2. The maximum Gasteiger partial charge on any atom is 0.191 e. The second-order valence-electron chi connectivity index (χ2n) is 6.95. The lowest BCUT2D eigenvalue weighted by Gasteiger charge is -2.22. The average molecular weight is 525 g/mol. The predicted octanol–water partition coefficient (Wildman–Crippen LogP) is 4.71. The molecule has 5 nitrogen and oxygen atoms in total. The van der Waals surface area contributed by atoms with Gasteiger partial charge in [-0.05, 0) is 43.0 Å². The Kier molecular flexibility index (Phi) is 9.19. The number of rotatable bonds is 8. The first kappa shape index (κ1) is 23.4. The number of benzene rings is 1. The molecule has 2 heterocycles. The Hall–Kier alpha value is -1.84. The lowest BCUT2D eigenvalue weighted by Crippen LogP contribution is -2.41. The summed E-state index contributed by atoms with van der Waals surface area (Å²) < 4.78 is 5.39. The third-order valence-electron chi connectivity index (χ3n) is 4.49. The van der Waals surface area contributed by atoms with Crippen molar-refractivity contribution in [1.29, 1.82) is 0 Å². The van der Waals surface area contributed by atoms with E-state index < -0.39 is 5.60 Å². The van der Waals surface area contributed by atoms with E-state index in [1.54, 1.807) is 13.2 Å². The second-order valence-corrected chi connectivity index (χ2v) is 7.90. The van der Waals surface area contributed by atoms with Gasteiger partial charge in [0.2, 0.25) is 0 Å². The van der Waals surface area contributed by atoms with Crippen molar-refractivity contribution in [3.8, 4) is 0 Å². The molecular formula is C22H28IN3O2S. The average Bonchev–Trinajstić information content (AvgIpc) is 3.41. The van der Waals surface area contributed by atoms with E-state index >= 15 is 0 Å². The lowest BCUT2D eigenvalue weighted by molar-refractivity contribution is 0.0711. The van der Waals surface area contributed by atoms with Gasteiger partial charge in [0, 0.05) is 17.8 Å². The maximum absolute atomic E-state index is 10.8. The van der Waals surface area contributed by atoms with E-state index in [1.807, 2.05) is 47.8 Å². The van der Waals surface area contributed by atoms with Crippen molar-refractivity contribution < 1.29 is 9.52 Å². The normalized spacial score (nSPS) is 14.5. The molecule has 0 aliphatic heterocycles. The van der Waals surface area contributed by atoms with Gasteiger partial charge < -0.3 is 20.2 Å². The Morgan fingerprint density at radius 3 is 2.62 bits per heavy atom. The van der Waals surface area contributed by atoms with Crippen molar-refractivity contribution in [2.24, 2.45) is 4.99 Å². The van der Waals surface area contributed by atoms with E-state index in [1.165, 1.54) is 16.9 Å². The van der Waals surface area contributed by atoms with Gasteiger partial charge in [-0.25, -0.2) is 4.99 Å². The van der Waals surface area contributed by atoms with Crippen LogP contribution in [0.2, 0.25) is 0 Å². The van der Waals surface area contributed by atoms with Crippen LogP contribution in [0.25, 0.3) is 0 Å². The molecule has 0 fully saturated rings. The largest absolute Gasteiger partial charge is 0.469 e. The van der Waals surface area contributed by atoms with Crippen molar-refractivity contribution >= 4 is 41.3 Å². The Morgan fingerprint density at radius 1 is 1.17 bits per heavy atom. The summed E-state index contributed by atoms with van der Waals surface area (Å²) in [6.45, 7) is 4.84. The molecule has 0 aliphatic rings. The number of hydrogen-bond donors (Lipinski definition) is 3. The molecule has 3 N–H and O–H groups in total. The first-order chi connectivity index (χ1) is 13.5. The molecule has 0 radical (unpaired) electrons. The van der Waals surface area contributed by atoms with Crippen LogP contribution in [-0.4, -0.2) is 24.2 Å². The van der Waals surface area contributed by atoms with E-state index in [0.29, 0.717) is 12.5 Å². The number of guanidine groups is 1. The summed E-state index contributed by atoms with van der Waals surface area (Å²) in [4.78, 5) is 5.56. The van der Waals surface area contributed by atoms with Crippen molar-refractivity contribution in [3.63, 3.8) is 0 Å². The summed E-state index contributed by atoms with van der Waals surface area (Å²) in [5.74, 6) is 1.59. The highest BCUT2D eigenvalue weighted by Crippen LogP contribution is 2.25. The molecule has 29 heavy (non-hydrogen) atoms. The van der Waals surface area contributed by atoms with Gasteiger partial charge in [0.15, 0.2) is 5.96 Å². The smallest absolute Gasteiger partial charge is 0.191 e. The van der Waals surface area contributed by atoms with E-state index in [9.17, 15) is 5.11 Å². The molecule has 0 saturated carbocycles. The minimum absolute atomic E-state index is 0. The summed E-state index contributed by atoms with van der Waals surface area (Å²) in [6.07, 6.45) is 2.44. The minimum atomic E-state index is -1.00. The summed E-state index contributed by atoms with van der Waals surface area (Å²) in [5, 5.41) is 19.5. The Morgan fingerprint density at radius 2 is 1.97 bits per heavy atom. The van der Waals surface area contributed by atoms with Crippen LogP contribution < -0.4 is 10.6 Å². The molecular weight excluding hydrogens is 497 g/mol. The number of nitrogens with zero attached hydrogens (tertiary/aromatic N) is 1. The molecule has 0 spiro atoms. The first-order valence-electron chi connectivity index (χ1n) is 9.43. The monoisotopic (exact) mass is 525 g/mol. The lowest BCUT2D eigenvalue weighted by atomic mass is 10.1. The van der Waals surface area contributed by atoms with E-state index in [0.717, 1.165) is 17.1 Å². The number of thiophene rings is 1. The van der Waals surface area contributed by atoms with Gasteiger partial charge in [0.1, 0.15) is 11.4 Å². The number of halogens is 1. The van der Waals surface area contributed by atoms with E-state index in [4.69, 9.17) is 4.42 Å². The molecule has 3 rings (SSSR count). The van der Waals surface area contributed by atoms with E-state index in [-0.39, 0.29) is 36.6 Å². The zero-order chi connectivity index (χ0) is 19.8. The minimum Gasteiger partial charge on any atom is -0.469 e. The SMILES string of the molecule is CC(NC(=NCC(C)(O)c1cccs1)NCCc1ccco1)c1ccccc1.I. The number of aliphatic hydroxyl groups is 1. The molecule has 156 valence electrons. The van der Waals surface area contributed by atoms with Gasteiger partial charge in [0.25, 0.3) is 0 Å². The maximum atomic E-state index is 10.8. The van der Waals surface area contributed by atoms with Crippen molar-refractivity contribution in [2.75, 3.05) is 13.1 Å². The zero-order valence-electron chi connectivity index (χ0n) is 16.7. The number of hydrogen-bond acceptors (Lipinski definition) is 4. The molecule has 0 saturated heterocycles. The fraction of sp³-hybridized carbons (Fsp3) is 0.318. The van der Waals surface area contributed by atoms with Crippen LogP contribution in [0.5, 0.6) is 0 Å². The fourth-order valence-electron chi connectivity index (χ4n) is 2.84. The fourth-order valence-corrected chi connectivity index (χ4v) is 3.62. The highest BCUT2D eigenvalue weighted by atomic mass is 127. The van der Waals surface area contributed by atoms with Crippen LogP contribution in [-0.2, 0) is 12.0 Å². The highest BCUT2D eigenvalue weighted by molar-refractivity contribution is 14.0. The molecule has 0 amide bonds. The molecule has 3 aromatic rings. The Labute approximate surface area is 193 Å². The molecule has 1 aromatic carbocycles. The first-order valence-corrected chi connectivity index (χ1v) is 10.3. The molecule has 2 aromatic heterocycles. The van der Waals surface area contributed by atoms with Crippen LogP contribution >= 0.6 is 35.3 Å². The van der Waals surface area contributed by atoms with Gasteiger partial charge in [-0.1, -0.05) is 36.4 Å². The van der Waals surface area contributed by atoms with Crippen LogP contribution in [0, 0.1) is 0 Å². The number of furan rings is 1.